The lowest BCUT2D eigenvalue weighted by atomic mass is 10.2. The number of methoxy groups -OCH3 is 1. The second kappa shape index (κ2) is 8.26. The summed E-state index contributed by atoms with van der Waals surface area (Å²) in [5.41, 5.74) is 0.475. The van der Waals surface area contributed by atoms with Crippen molar-refractivity contribution < 1.29 is 19.0 Å². The molecule has 6 nitrogen and oxygen atoms in total. The van der Waals surface area contributed by atoms with Gasteiger partial charge in [0.25, 0.3) is 5.91 Å². The van der Waals surface area contributed by atoms with Gasteiger partial charge in [0, 0.05) is 32.0 Å². The number of aliphatic hydroxyl groups is 1. The molecule has 0 unspecified atom stereocenters. The first-order valence-corrected chi connectivity index (χ1v) is 7.46. The molecule has 1 aromatic carbocycles. The number of carbonyl (C=O) groups excluding carboxylic acids is 1. The van der Waals surface area contributed by atoms with Crippen LogP contribution in [0.15, 0.2) is 41.3 Å². The Kier molecular flexibility index (Phi) is 6.08. The second-order valence-electron chi connectivity index (χ2n) is 5.21. The van der Waals surface area contributed by atoms with Crippen molar-refractivity contribution in [2.45, 2.75) is 13.0 Å². The Labute approximate surface area is 138 Å². The molecule has 1 aromatic heterocycles. The van der Waals surface area contributed by atoms with Crippen LogP contribution < -0.4 is 10.2 Å². The Bertz CT molecular complexity index is 743. The first-order chi connectivity index (χ1) is 11.5. The highest BCUT2D eigenvalue weighted by Gasteiger charge is 2.18. The highest BCUT2D eigenvalue weighted by Crippen LogP contribution is 2.11. The van der Waals surface area contributed by atoms with Crippen LogP contribution in [0.1, 0.15) is 22.5 Å². The SMILES string of the molecule is COc1c[nH]c(C(=O)N(CCCO)Cc2ccc(F)cc2)cc1=O. The van der Waals surface area contributed by atoms with Crippen LogP contribution in [0.25, 0.3) is 0 Å². The van der Waals surface area contributed by atoms with E-state index in [4.69, 9.17) is 9.84 Å². The molecule has 0 atom stereocenters. The molecule has 7 heteroatoms. The minimum Gasteiger partial charge on any atom is -0.491 e. The molecule has 1 heterocycles. The predicted octanol–water partition coefficient (Wildman–Crippen LogP) is 1.55. The number of H-pyrrole nitrogens is 1. The summed E-state index contributed by atoms with van der Waals surface area (Å²) >= 11 is 0. The van der Waals surface area contributed by atoms with E-state index in [1.165, 1.54) is 36.4 Å². The fourth-order valence-corrected chi connectivity index (χ4v) is 2.24. The van der Waals surface area contributed by atoms with Crippen molar-refractivity contribution in [2.24, 2.45) is 0 Å². The third kappa shape index (κ3) is 4.42. The molecule has 24 heavy (non-hydrogen) atoms. The number of ether oxygens (including phenoxy) is 1. The summed E-state index contributed by atoms with van der Waals surface area (Å²) in [6, 6.07) is 6.99. The molecule has 2 aromatic rings. The Morgan fingerprint density at radius 1 is 1.33 bits per heavy atom. The lowest BCUT2D eigenvalue weighted by molar-refractivity contribution is 0.0726. The van der Waals surface area contributed by atoms with Gasteiger partial charge >= 0.3 is 0 Å². The smallest absolute Gasteiger partial charge is 0.270 e. The number of nitrogens with zero attached hydrogens (tertiary/aromatic N) is 1. The number of nitrogens with one attached hydrogen (secondary N) is 1. The highest BCUT2D eigenvalue weighted by molar-refractivity contribution is 5.92. The van der Waals surface area contributed by atoms with E-state index in [2.05, 4.69) is 4.98 Å². The van der Waals surface area contributed by atoms with Crippen molar-refractivity contribution in [3.63, 3.8) is 0 Å². The standard InChI is InChI=1S/C17H19FN2O4/c1-24-16-10-19-14(9-15(16)22)17(23)20(7-2-8-21)11-12-3-5-13(18)6-4-12/h3-6,9-10,21H,2,7-8,11H2,1H3,(H,19,22). The number of halogens is 1. The van der Waals surface area contributed by atoms with E-state index >= 15 is 0 Å². The Balaban J connectivity index is 2.22. The zero-order valence-electron chi connectivity index (χ0n) is 13.3. The normalized spacial score (nSPS) is 10.5. The molecular weight excluding hydrogens is 315 g/mol. The van der Waals surface area contributed by atoms with Crippen molar-refractivity contribution in [3.8, 4) is 5.75 Å². The first-order valence-electron chi connectivity index (χ1n) is 7.46. The monoisotopic (exact) mass is 334 g/mol. The second-order valence-corrected chi connectivity index (χ2v) is 5.21. The topological polar surface area (TPSA) is 82.6 Å². The molecule has 0 saturated carbocycles. The molecule has 2 rings (SSSR count). The summed E-state index contributed by atoms with van der Waals surface area (Å²) in [4.78, 5) is 28.7. The van der Waals surface area contributed by atoms with E-state index < -0.39 is 5.43 Å². The van der Waals surface area contributed by atoms with Gasteiger partial charge < -0.3 is 19.7 Å². The molecule has 2 N–H and O–H groups in total. The number of benzene rings is 1. The van der Waals surface area contributed by atoms with Gasteiger partial charge in [0.05, 0.1) is 7.11 Å². The fourth-order valence-electron chi connectivity index (χ4n) is 2.24. The zero-order chi connectivity index (χ0) is 17.5. The number of rotatable bonds is 7. The van der Waals surface area contributed by atoms with Gasteiger partial charge in [-0.25, -0.2) is 4.39 Å². The van der Waals surface area contributed by atoms with Crippen LogP contribution in [0.4, 0.5) is 4.39 Å². The van der Waals surface area contributed by atoms with Crippen molar-refractivity contribution in [2.75, 3.05) is 20.3 Å². The van der Waals surface area contributed by atoms with E-state index in [0.29, 0.717) is 13.0 Å². The maximum absolute atomic E-state index is 13.0. The van der Waals surface area contributed by atoms with Gasteiger partial charge in [0.2, 0.25) is 5.43 Å². The Hall–Kier alpha value is -2.67. The summed E-state index contributed by atoms with van der Waals surface area (Å²) in [5, 5.41) is 9.02. The molecule has 0 fully saturated rings. The van der Waals surface area contributed by atoms with E-state index in [1.54, 1.807) is 12.1 Å². The number of aliphatic hydroxyl groups excluding tert-OH is 1. The largest absolute Gasteiger partial charge is 0.491 e. The number of aromatic amines is 1. The lowest BCUT2D eigenvalue weighted by Gasteiger charge is -2.22. The lowest BCUT2D eigenvalue weighted by Crippen LogP contribution is -2.33. The third-order valence-corrected chi connectivity index (χ3v) is 3.49. The van der Waals surface area contributed by atoms with Gasteiger partial charge in [-0.05, 0) is 24.1 Å². The van der Waals surface area contributed by atoms with Gasteiger partial charge in [0.15, 0.2) is 5.75 Å². The Morgan fingerprint density at radius 2 is 2.04 bits per heavy atom. The molecule has 0 aliphatic heterocycles. The van der Waals surface area contributed by atoms with Crippen LogP contribution >= 0.6 is 0 Å². The average Bonchev–Trinajstić information content (AvgIpc) is 2.59. The third-order valence-electron chi connectivity index (χ3n) is 3.49. The molecule has 0 radical (unpaired) electrons. The molecule has 0 saturated heterocycles. The Morgan fingerprint density at radius 3 is 2.62 bits per heavy atom. The zero-order valence-corrected chi connectivity index (χ0v) is 13.3. The summed E-state index contributed by atoms with van der Waals surface area (Å²) in [7, 11) is 1.37. The number of pyridine rings is 1. The van der Waals surface area contributed by atoms with Gasteiger partial charge in [-0.15, -0.1) is 0 Å². The summed E-state index contributed by atoms with van der Waals surface area (Å²) in [6.45, 7) is 0.486. The van der Waals surface area contributed by atoms with Gasteiger partial charge in [-0.3, -0.25) is 9.59 Å². The quantitative estimate of drug-likeness (QED) is 0.805. The average molecular weight is 334 g/mol. The van der Waals surface area contributed by atoms with Gasteiger partial charge in [-0.2, -0.15) is 0 Å². The molecule has 0 aliphatic carbocycles. The van der Waals surface area contributed by atoms with Crippen LogP contribution in [0.3, 0.4) is 0 Å². The molecule has 0 spiro atoms. The highest BCUT2D eigenvalue weighted by atomic mass is 19.1. The van der Waals surface area contributed by atoms with E-state index in [1.807, 2.05) is 0 Å². The summed E-state index contributed by atoms with van der Waals surface area (Å²) < 4.78 is 17.9. The van der Waals surface area contributed by atoms with Crippen LogP contribution in [0.2, 0.25) is 0 Å². The first kappa shape index (κ1) is 17.7. The van der Waals surface area contributed by atoms with E-state index in [0.717, 1.165) is 5.56 Å². The van der Waals surface area contributed by atoms with Crippen LogP contribution in [0.5, 0.6) is 5.75 Å². The van der Waals surface area contributed by atoms with Gasteiger partial charge in [0.1, 0.15) is 11.5 Å². The van der Waals surface area contributed by atoms with Crippen molar-refractivity contribution in [1.29, 1.82) is 0 Å². The number of hydrogen-bond acceptors (Lipinski definition) is 4. The number of carbonyl (C=O) groups is 1. The molecular formula is C17H19FN2O4. The van der Waals surface area contributed by atoms with Crippen LogP contribution in [0, 0.1) is 5.82 Å². The maximum atomic E-state index is 13.0. The summed E-state index contributed by atoms with van der Waals surface area (Å²) in [6.07, 6.45) is 1.73. The summed E-state index contributed by atoms with van der Waals surface area (Å²) in [5.74, 6) is -0.619. The van der Waals surface area contributed by atoms with Gasteiger partial charge in [-0.1, -0.05) is 12.1 Å². The minimum absolute atomic E-state index is 0.0632. The predicted molar refractivity (Wildman–Crippen MR) is 86.5 cm³/mol. The fraction of sp³-hybridized carbons (Fsp3) is 0.294. The van der Waals surface area contributed by atoms with Crippen molar-refractivity contribution in [1.82, 2.24) is 9.88 Å². The molecule has 128 valence electrons. The van der Waals surface area contributed by atoms with Crippen LogP contribution in [-0.4, -0.2) is 41.2 Å². The van der Waals surface area contributed by atoms with Crippen molar-refractivity contribution in [3.05, 3.63) is 63.8 Å². The van der Waals surface area contributed by atoms with Crippen molar-refractivity contribution >= 4 is 5.91 Å². The van der Waals surface area contributed by atoms with Crippen LogP contribution in [-0.2, 0) is 6.54 Å². The number of aromatic nitrogens is 1. The molecule has 0 bridgehead atoms. The number of amides is 1. The number of hydrogen-bond donors (Lipinski definition) is 2. The van der Waals surface area contributed by atoms with E-state index in [-0.39, 0.29) is 36.3 Å². The minimum atomic E-state index is -0.400. The van der Waals surface area contributed by atoms with E-state index in [9.17, 15) is 14.0 Å². The molecule has 1 amide bonds. The maximum Gasteiger partial charge on any atom is 0.270 e. The molecule has 0 aliphatic rings.